The fraction of sp³-hybridized carbons (Fsp3) is 0.833. The summed E-state index contributed by atoms with van der Waals surface area (Å²) >= 11 is 0. The number of rotatable bonds is 12. The van der Waals surface area contributed by atoms with Gasteiger partial charge in [0.1, 0.15) is 0 Å². The summed E-state index contributed by atoms with van der Waals surface area (Å²) in [5.41, 5.74) is 0.515. The summed E-state index contributed by atoms with van der Waals surface area (Å²) in [5.74, 6) is -0.122. The molecule has 2 nitrogen and oxygen atoms in total. The van der Waals surface area contributed by atoms with E-state index in [-0.39, 0.29) is 11.8 Å². The molecule has 0 aromatic carbocycles. The molecule has 0 aromatic heterocycles. The third-order valence-electron chi connectivity index (χ3n) is 4.27. The summed E-state index contributed by atoms with van der Waals surface area (Å²) in [4.78, 5) is 11.9. The van der Waals surface area contributed by atoms with Gasteiger partial charge in [-0.15, -0.1) is 0 Å². The Balaban J connectivity index is 5.07. The first-order valence-electron chi connectivity index (χ1n) is 8.65. The molecule has 0 bridgehead atoms. The maximum atomic E-state index is 11.9. The molecule has 124 valence electrons. The Hall–Kier alpha value is -0.360. The fourth-order valence-electron chi connectivity index (χ4n) is 2.67. The van der Waals surface area contributed by atoms with E-state index in [1.807, 2.05) is 0 Å². The third kappa shape index (κ3) is 7.45. The second-order valence-corrected chi connectivity index (χ2v) is 10.7. The Morgan fingerprint density at radius 2 is 1.38 bits per heavy atom. The van der Waals surface area contributed by atoms with E-state index >= 15 is 0 Å². The van der Waals surface area contributed by atoms with Crippen molar-refractivity contribution in [2.75, 3.05) is 18.5 Å². The van der Waals surface area contributed by atoms with E-state index in [1.165, 1.54) is 57.0 Å². The largest absolute Gasteiger partial charge is 0.425 e. The number of ether oxygens (including phenoxy) is 1. The zero-order valence-corrected chi connectivity index (χ0v) is 15.8. The molecule has 0 heterocycles. The Bertz CT molecular complexity index is 291. The Morgan fingerprint density at radius 1 is 1.00 bits per heavy atom. The highest BCUT2D eigenvalue weighted by Crippen LogP contribution is 2.65. The molecule has 0 aliphatic carbocycles. The first-order chi connectivity index (χ1) is 9.93. The molecule has 21 heavy (non-hydrogen) atoms. The smallest absolute Gasteiger partial charge is 0.336 e. The van der Waals surface area contributed by atoms with E-state index in [1.54, 1.807) is 6.92 Å². The second-order valence-electron chi connectivity index (χ2n) is 6.23. The van der Waals surface area contributed by atoms with E-state index in [9.17, 15) is 4.79 Å². The van der Waals surface area contributed by atoms with Crippen molar-refractivity contribution in [3.63, 3.8) is 0 Å². The normalized spacial score (nSPS) is 13.0. The molecule has 0 saturated carbocycles. The second kappa shape index (κ2) is 11.2. The molecule has 0 spiro atoms. The molecule has 1 unspecified atom stereocenters. The predicted octanol–water partition coefficient (Wildman–Crippen LogP) is 5.87. The minimum atomic E-state index is -1.21. The van der Waals surface area contributed by atoms with Crippen molar-refractivity contribution < 1.29 is 9.53 Å². The van der Waals surface area contributed by atoms with Crippen LogP contribution in [-0.4, -0.2) is 30.3 Å². The van der Waals surface area contributed by atoms with Gasteiger partial charge in [0.25, 0.3) is 0 Å². The van der Waals surface area contributed by atoms with Crippen LogP contribution in [0.5, 0.6) is 0 Å². The summed E-state index contributed by atoms with van der Waals surface area (Å²) in [5, 5.41) is 0. The van der Waals surface area contributed by atoms with Crippen molar-refractivity contribution in [3.8, 4) is 0 Å². The number of hydrogen-bond donors (Lipinski definition) is 0. The van der Waals surface area contributed by atoms with Crippen LogP contribution in [0.2, 0.25) is 0 Å². The van der Waals surface area contributed by atoms with Crippen LogP contribution < -0.4 is 0 Å². The average molecular weight is 315 g/mol. The molecular weight excluding hydrogens is 279 g/mol. The standard InChI is InChI=1S/C18H36O2P/c1-7-10-13-21(14-11-8-2,15-12-9-3)17(6)20-18(19)16(4)5/h17H,4,7-15H2,1-3,5-6H3/q+1. The third-order valence-corrected chi connectivity index (χ3v) is 9.54. The predicted molar refractivity (Wildman–Crippen MR) is 96.6 cm³/mol. The van der Waals surface area contributed by atoms with Gasteiger partial charge < -0.3 is 4.74 Å². The molecule has 0 aliphatic heterocycles. The minimum Gasteiger partial charge on any atom is -0.425 e. The van der Waals surface area contributed by atoms with E-state index in [0.717, 1.165) is 0 Å². The topological polar surface area (TPSA) is 26.3 Å². The molecule has 0 radical (unpaired) electrons. The lowest BCUT2D eigenvalue weighted by Gasteiger charge is -2.32. The number of carbonyl (C=O) groups excluding carboxylic acids is 1. The summed E-state index contributed by atoms with van der Waals surface area (Å²) in [6.45, 7) is 14.3. The molecule has 0 rings (SSSR count). The van der Waals surface area contributed by atoms with Crippen LogP contribution in [0.25, 0.3) is 0 Å². The Kier molecular flexibility index (Phi) is 11.0. The van der Waals surface area contributed by atoms with Crippen molar-refractivity contribution in [1.29, 1.82) is 0 Å². The van der Waals surface area contributed by atoms with Gasteiger partial charge in [0.15, 0.2) is 0 Å². The first kappa shape index (κ1) is 20.6. The molecule has 0 saturated heterocycles. The lowest BCUT2D eigenvalue weighted by molar-refractivity contribution is -0.140. The van der Waals surface area contributed by atoms with Crippen LogP contribution in [0.3, 0.4) is 0 Å². The van der Waals surface area contributed by atoms with E-state index in [0.29, 0.717) is 5.57 Å². The SMILES string of the molecule is C=C(C)C(=O)OC(C)[P+](CCCC)(CCCC)CCCC. The van der Waals surface area contributed by atoms with Gasteiger partial charge in [0, 0.05) is 12.5 Å². The minimum absolute atomic E-state index is 0.0892. The van der Waals surface area contributed by atoms with Crippen molar-refractivity contribution in [2.45, 2.75) is 79.0 Å². The maximum absolute atomic E-state index is 11.9. The van der Waals surface area contributed by atoms with Gasteiger partial charge in [-0.2, -0.15) is 0 Å². The van der Waals surface area contributed by atoms with Crippen LogP contribution in [0.4, 0.5) is 0 Å². The monoisotopic (exact) mass is 315 g/mol. The first-order valence-corrected chi connectivity index (χ1v) is 11.1. The van der Waals surface area contributed by atoms with E-state index in [2.05, 4.69) is 34.3 Å². The van der Waals surface area contributed by atoms with Crippen LogP contribution in [0.15, 0.2) is 12.2 Å². The average Bonchev–Trinajstić information content (AvgIpc) is 2.46. The number of hydrogen-bond acceptors (Lipinski definition) is 2. The lowest BCUT2D eigenvalue weighted by atomic mass is 10.4. The highest BCUT2D eigenvalue weighted by atomic mass is 31.2. The lowest BCUT2D eigenvalue weighted by Crippen LogP contribution is -2.25. The van der Waals surface area contributed by atoms with E-state index in [4.69, 9.17) is 4.74 Å². The van der Waals surface area contributed by atoms with Gasteiger partial charge in [-0.25, -0.2) is 4.79 Å². The van der Waals surface area contributed by atoms with Gasteiger partial charge in [-0.05, 0) is 26.2 Å². The molecule has 1 atom stereocenters. The molecule has 3 heteroatoms. The highest BCUT2D eigenvalue weighted by Gasteiger charge is 2.43. The molecule has 0 amide bonds. The van der Waals surface area contributed by atoms with E-state index < -0.39 is 7.26 Å². The summed E-state index contributed by atoms with van der Waals surface area (Å²) < 4.78 is 5.78. The Morgan fingerprint density at radius 3 is 1.67 bits per heavy atom. The number of unbranched alkanes of at least 4 members (excludes halogenated alkanes) is 3. The van der Waals surface area contributed by atoms with Gasteiger partial charge in [-0.1, -0.05) is 46.6 Å². The molecule has 0 fully saturated rings. The summed E-state index contributed by atoms with van der Waals surface area (Å²) in [7, 11) is -1.21. The van der Waals surface area contributed by atoms with Crippen LogP contribution >= 0.6 is 7.26 Å². The summed E-state index contributed by atoms with van der Waals surface area (Å²) in [6.07, 6.45) is 11.3. The molecular formula is C18H36O2P+. The van der Waals surface area contributed by atoms with Gasteiger partial charge in [0.2, 0.25) is 5.85 Å². The van der Waals surface area contributed by atoms with Gasteiger partial charge in [0.05, 0.1) is 25.7 Å². The number of carbonyl (C=O) groups is 1. The van der Waals surface area contributed by atoms with Crippen LogP contribution in [-0.2, 0) is 9.53 Å². The van der Waals surface area contributed by atoms with Crippen LogP contribution in [0.1, 0.15) is 73.1 Å². The number of esters is 1. The van der Waals surface area contributed by atoms with Crippen molar-refractivity contribution >= 4 is 13.2 Å². The highest BCUT2D eigenvalue weighted by molar-refractivity contribution is 7.76. The quantitative estimate of drug-likeness (QED) is 0.256. The van der Waals surface area contributed by atoms with Crippen molar-refractivity contribution in [1.82, 2.24) is 0 Å². The maximum Gasteiger partial charge on any atom is 0.336 e. The summed E-state index contributed by atoms with van der Waals surface area (Å²) in [6, 6.07) is 0. The molecule has 0 aromatic rings. The molecule has 0 N–H and O–H groups in total. The molecule has 0 aliphatic rings. The zero-order valence-electron chi connectivity index (χ0n) is 14.9. The van der Waals surface area contributed by atoms with Crippen molar-refractivity contribution in [2.24, 2.45) is 0 Å². The van der Waals surface area contributed by atoms with Gasteiger partial charge in [-0.3, -0.25) is 0 Å². The fourth-order valence-corrected chi connectivity index (χ4v) is 7.59. The zero-order chi connectivity index (χ0) is 16.3. The van der Waals surface area contributed by atoms with Crippen LogP contribution in [0, 0.1) is 0 Å². The van der Waals surface area contributed by atoms with Crippen molar-refractivity contribution in [3.05, 3.63) is 12.2 Å². The Labute approximate surface area is 133 Å². The van der Waals surface area contributed by atoms with Gasteiger partial charge >= 0.3 is 5.97 Å².